The van der Waals surface area contributed by atoms with Gasteiger partial charge in [0.05, 0.1) is 113 Å². The second kappa shape index (κ2) is 59.8. The van der Waals surface area contributed by atoms with Crippen LogP contribution in [0.3, 0.4) is 0 Å². The molecule has 6 aromatic carbocycles. The molecule has 0 aromatic heterocycles. The number of likely N-dealkylation sites (N-methyl/N-ethyl adjacent to an activating group) is 5. The van der Waals surface area contributed by atoms with E-state index in [1.807, 2.05) is 139 Å². The minimum absolute atomic E-state index is 0.0125. The van der Waals surface area contributed by atoms with Gasteiger partial charge in [-0.15, -0.1) is 0 Å². The van der Waals surface area contributed by atoms with Gasteiger partial charge in [-0.25, -0.2) is 0 Å². The van der Waals surface area contributed by atoms with Crippen molar-refractivity contribution < 1.29 is 28.4 Å². The third kappa shape index (κ3) is 41.2. The maximum atomic E-state index is 11.9. The Morgan fingerprint density at radius 3 is 0.619 bits per heavy atom. The normalized spacial score (nSPS) is 12.3. The summed E-state index contributed by atoms with van der Waals surface area (Å²) < 4.78 is 36.2. The molecule has 0 saturated carbocycles. The van der Waals surface area contributed by atoms with E-state index in [0.717, 1.165) is 199 Å². The van der Waals surface area contributed by atoms with Crippen LogP contribution in [0.4, 0.5) is 34.1 Å². The third-order valence-corrected chi connectivity index (χ3v) is 23.3. The van der Waals surface area contributed by atoms with Gasteiger partial charge in [-0.05, 0) is 139 Å². The molecule has 0 atom stereocenters. The van der Waals surface area contributed by atoms with E-state index in [0.29, 0.717) is 113 Å². The summed E-state index contributed by atoms with van der Waals surface area (Å²) >= 11 is 30.7. The molecular weight excluding hydrogens is 1710 g/mol. The Balaban J connectivity index is 0.000000757. The van der Waals surface area contributed by atoms with Crippen LogP contribution in [-0.2, 0) is 60.9 Å². The highest BCUT2D eigenvalue weighted by Crippen LogP contribution is 2.35. The molecule has 126 heavy (non-hydrogen) atoms. The first kappa shape index (κ1) is 119. The second-order valence-electron chi connectivity index (χ2n) is 38.5. The molecule has 0 unspecified atom stereocenters. The van der Waals surface area contributed by atoms with Crippen LogP contribution >= 0.6 is 73.3 Å². The van der Waals surface area contributed by atoms with Crippen LogP contribution in [0, 0.1) is 27.1 Å². The molecule has 30 heteroatoms. The van der Waals surface area contributed by atoms with Crippen LogP contribution in [0.15, 0.2) is 28.8 Å². The van der Waals surface area contributed by atoms with Crippen LogP contribution < -0.4 is 64.5 Å². The van der Waals surface area contributed by atoms with Crippen LogP contribution in [-0.4, -0.2) is 268 Å². The van der Waals surface area contributed by atoms with E-state index < -0.39 is 0 Å². The quantitative estimate of drug-likeness (QED) is 0.0153. The van der Waals surface area contributed by atoms with Gasteiger partial charge in [0.1, 0.15) is 27.1 Å². The highest BCUT2D eigenvalue weighted by Gasteiger charge is 2.33. The van der Waals surface area contributed by atoms with Gasteiger partial charge in [-0.3, -0.25) is 28.8 Å². The number of nitrogens with one attached hydrogen (secondary N) is 6. The van der Waals surface area contributed by atoms with Crippen molar-refractivity contribution in [1.82, 2.24) is 29.4 Å². The molecule has 0 saturated heterocycles. The van der Waals surface area contributed by atoms with Gasteiger partial charge in [0.15, 0.2) is 0 Å². The Kier molecular flexibility index (Phi) is 56.6. The van der Waals surface area contributed by atoms with Crippen molar-refractivity contribution in [3.8, 4) is 0 Å². The Labute approximate surface area is 790 Å². The zero-order chi connectivity index (χ0) is 96.3. The fourth-order valence-corrected chi connectivity index (χ4v) is 15.6. The lowest BCUT2D eigenvalue weighted by Gasteiger charge is -2.25. The number of ether oxygens (including phenoxy) is 6. The first-order chi connectivity index (χ1) is 58.8. The summed E-state index contributed by atoms with van der Waals surface area (Å²) in [6.07, 6.45) is 4.69. The predicted molar refractivity (Wildman–Crippen MR) is 550 cm³/mol. The number of hydrogen-bond donors (Lipinski definition) is 6. The highest BCUT2D eigenvalue weighted by molar-refractivity contribution is 7.72. The lowest BCUT2D eigenvalue weighted by Crippen LogP contribution is -2.32. The van der Waals surface area contributed by atoms with E-state index in [-0.39, 0.29) is 65.1 Å². The minimum atomic E-state index is -0.163. The molecule has 0 amide bonds. The van der Waals surface area contributed by atoms with Crippen LogP contribution in [0.5, 0.6) is 0 Å². The zero-order valence-corrected chi connectivity index (χ0v) is 88.4. The van der Waals surface area contributed by atoms with Gasteiger partial charge in [-0.1, -0.05) is 253 Å². The molecule has 0 aliphatic carbocycles. The maximum absolute atomic E-state index is 11.9. The molecule has 6 rings (SSSR count). The predicted octanol–water partition coefficient (Wildman–Crippen LogP) is 16.3. The van der Waals surface area contributed by atoms with Crippen LogP contribution in [0.25, 0.3) is 0 Å². The standard InChI is InChI=1S/C18H32N2O2S.C17H30N2O2S.2C16H28N2O2S.C15H26N2O2S.C14H24N2O2S/c1-6-9-20(10-7-2)11-13-22-12-8-19-15-14(18(3,4)5)16(21)17(15)23;1-6-9-19(7-2)10-12-21-11-8-18-14-13(17(3,4)5)15(20)16(14)22;1-6-8-18(5)9-11-20-10-7-17-13-12(16(2,3)4)14(19)15(13)21;1-6-18(7-2)9-11-20-10-8-17-13-12(16(3,4)5)14(19)15(13)21;1-6-17(5)8-10-19-9-7-16-12-11(15(2,3)4)13(18)14(12)20;1-14(2,3)10-11(13(19)12(10)17)15-6-8-18-9-7-16(4)5/h19H,6-13H2,1-5H3;18H,6-12H2,1-5H3;2*17H,6-11H2,1-5H3;16H,6-10H2,1-5H3;15H,6-9H2,1-5H3. The molecule has 0 heterocycles. The topological polar surface area (TPSA) is 249 Å². The number of hydrogen-bond acceptors (Lipinski definition) is 30. The Bertz CT molecular complexity index is 4540. The van der Waals surface area contributed by atoms with Gasteiger partial charge in [0.25, 0.3) is 0 Å². The second-order valence-corrected chi connectivity index (χ2v) is 40.9. The Morgan fingerprint density at radius 2 is 0.421 bits per heavy atom. The molecule has 0 aliphatic rings. The summed E-state index contributed by atoms with van der Waals surface area (Å²) in [5.41, 5.74) is 9.07. The van der Waals surface area contributed by atoms with E-state index in [1.54, 1.807) is 0 Å². The Hall–Kier alpha value is -4.68. The minimum Gasteiger partial charge on any atom is -0.381 e. The third-order valence-electron chi connectivity index (χ3n) is 20.9. The highest BCUT2D eigenvalue weighted by atomic mass is 32.1. The van der Waals surface area contributed by atoms with Crippen molar-refractivity contribution in [2.75, 3.05) is 270 Å². The van der Waals surface area contributed by atoms with Crippen LogP contribution in [0.2, 0.25) is 0 Å². The smallest absolute Gasteiger partial charge is 0.204 e. The maximum Gasteiger partial charge on any atom is 0.204 e. The molecule has 0 radical (unpaired) electrons. The van der Waals surface area contributed by atoms with Gasteiger partial charge in [-0.2, -0.15) is 0 Å². The molecular formula is C96H168N12O12S6. The molecule has 0 spiro atoms. The van der Waals surface area contributed by atoms with Gasteiger partial charge in [0, 0.05) is 112 Å². The molecule has 0 aliphatic heterocycles. The largest absolute Gasteiger partial charge is 0.381 e. The first-order valence-electron chi connectivity index (χ1n) is 45.9. The van der Waals surface area contributed by atoms with E-state index in [4.69, 9.17) is 102 Å². The van der Waals surface area contributed by atoms with Crippen molar-refractivity contribution >= 4 is 107 Å². The lowest BCUT2D eigenvalue weighted by atomic mass is 9.83. The Morgan fingerprint density at radius 1 is 0.230 bits per heavy atom. The summed E-state index contributed by atoms with van der Waals surface area (Å²) in [6.45, 7) is 80.5. The van der Waals surface area contributed by atoms with E-state index in [1.165, 1.54) is 19.3 Å². The fraction of sp³-hybridized carbons (Fsp3) is 0.750. The summed E-state index contributed by atoms with van der Waals surface area (Å²) in [5.74, 6) is 0. The van der Waals surface area contributed by atoms with E-state index in [9.17, 15) is 28.8 Å². The lowest BCUT2D eigenvalue weighted by molar-refractivity contribution is 0.111. The SMILES string of the molecule is CCCN(C)CCOCCNc1c(C(C)(C)C)c(=O)c1=S.CCCN(CC)CCOCCNc1c(C(C)(C)C)c(=O)c1=S.CCCN(CCC)CCOCCNc1c(C(C)(C)C)c(=O)c1=S.CCN(C)CCOCCNc1c(C(C)(C)C)c(=O)c1=S.CCN(CC)CCOCCNc1c(C(C)(C)C)c(=O)c1=S.CN(C)CCOCCNc1c(C(C)(C)C)c(=O)c1=S. The van der Waals surface area contributed by atoms with Crippen molar-refractivity contribution in [3.63, 3.8) is 0 Å². The van der Waals surface area contributed by atoms with Gasteiger partial charge >= 0.3 is 0 Å². The van der Waals surface area contributed by atoms with E-state index >= 15 is 0 Å². The molecule has 6 N–H and O–H groups in total. The molecule has 720 valence electrons. The average molecular weight is 1870 g/mol. The number of rotatable bonds is 54. The fourth-order valence-electron chi connectivity index (χ4n) is 13.9. The van der Waals surface area contributed by atoms with Crippen LogP contribution in [0.1, 0.15) is 239 Å². The molecule has 0 fully saturated rings. The zero-order valence-electron chi connectivity index (χ0n) is 83.5. The number of nitrogens with zero attached hydrogens (tertiary/aromatic N) is 6. The first-order valence-corrected chi connectivity index (χ1v) is 48.4. The van der Waals surface area contributed by atoms with Crippen molar-refractivity contribution in [2.24, 2.45) is 0 Å². The summed E-state index contributed by atoms with van der Waals surface area (Å²) in [5, 5.41) is 19.5. The molecule has 0 bridgehead atoms. The summed E-state index contributed by atoms with van der Waals surface area (Å²) in [4.78, 5) is 84.6. The summed E-state index contributed by atoms with van der Waals surface area (Å²) in [6, 6.07) is 0. The van der Waals surface area contributed by atoms with Gasteiger partial charge < -0.3 is 89.7 Å². The molecule has 24 nitrogen and oxygen atoms in total. The van der Waals surface area contributed by atoms with E-state index in [2.05, 4.69) is 131 Å². The monoisotopic (exact) mass is 1870 g/mol. The van der Waals surface area contributed by atoms with Crippen molar-refractivity contribution in [3.05, 3.63) is 122 Å². The average Bonchev–Trinajstić information content (AvgIpc) is 0.791. The van der Waals surface area contributed by atoms with Crippen molar-refractivity contribution in [1.29, 1.82) is 0 Å². The number of anilines is 6. The summed E-state index contributed by atoms with van der Waals surface area (Å²) in [7, 11) is 8.20. The van der Waals surface area contributed by atoms with Crippen molar-refractivity contribution in [2.45, 2.75) is 238 Å². The molecule has 6 aromatic rings. The van der Waals surface area contributed by atoms with Gasteiger partial charge in [0.2, 0.25) is 32.6 Å².